The first-order chi connectivity index (χ1) is 7.29. The summed E-state index contributed by atoms with van der Waals surface area (Å²) in [6.45, 7) is 7.00. The zero-order chi connectivity index (χ0) is 12.3. The van der Waals surface area contributed by atoms with Crippen LogP contribution < -0.4 is 15.5 Å². The molecule has 0 fully saturated rings. The Balaban J connectivity index is 2.82. The molecule has 88 valence electrons. The number of rotatable bonds is 1. The number of amides is 1. The second kappa shape index (κ2) is 4.38. The summed E-state index contributed by atoms with van der Waals surface area (Å²) in [6.07, 6.45) is 0.584. The molecule has 1 aromatic heterocycles. The van der Waals surface area contributed by atoms with Crippen LogP contribution >= 0.6 is 0 Å². The van der Waals surface area contributed by atoms with E-state index >= 15 is 0 Å². The summed E-state index contributed by atoms with van der Waals surface area (Å²) in [4.78, 5) is 22.8. The van der Waals surface area contributed by atoms with Gasteiger partial charge in [0.05, 0.1) is 6.26 Å². The van der Waals surface area contributed by atoms with E-state index in [1.165, 1.54) is 12.3 Å². The highest BCUT2D eigenvalue weighted by Gasteiger charge is 2.17. The van der Waals surface area contributed by atoms with E-state index in [0.29, 0.717) is 0 Å². The van der Waals surface area contributed by atoms with Crippen LogP contribution in [0, 0.1) is 6.92 Å². The number of ether oxygens (including phenoxy) is 1. The maximum atomic E-state index is 11.4. The van der Waals surface area contributed by atoms with Crippen molar-refractivity contribution in [1.82, 2.24) is 5.32 Å². The molecule has 5 nitrogen and oxygen atoms in total. The van der Waals surface area contributed by atoms with Gasteiger partial charge in [-0.2, -0.15) is 0 Å². The molecule has 16 heavy (non-hydrogen) atoms. The van der Waals surface area contributed by atoms with E-state index in [1.807, 2.05) is 20.8 Å². The van der Waals surface area contributed by atoms with Crippen LogP contribution in [-0.2, 0) is 0 Å². The molecule has 0 saturated heterocycles. The molecule has 0 saturated carbocycles. The third-order valence-electron chi connectivity index (χ3n) is 1.68. The number of hydrogen-bond acceptors (Lipinski definition) is 4. The van der Waals surface area contributed by atoms with Gasteiger partial charge in [-0.3, -0.25) is 4.79 Å². The van der Waals surface area contributed by atoms with Crippen molar-refractivity contribution >= 4 is 6.09 Å². The second-order valence-electron chi connectivity index (χ2n) is 4.43. The fourth-order valence-electron chi connectivity index (χ4n) is 1.05. The first-order valence-electron chi connectivity index (χ1n) is 4.88. The summed E-state index contributed by atoms with van der Waals surface area (Å²) in [5.74, 6) is 0.195. The van der Waals surface area contributed by atoms with E-state index in [4.69, 9.17) is 9.15 Å². The largest absolute Gasteiger partial charge is 0.465 e. The maximum Gasteiger partial charge on any atom is 0.413 e. The van der Waals surface area contributed by atoms with Crippen LogP contribution in [0.3, 0.4) is 0 Å². The Morgan fingerprint density at radius 1 is 1.44 bits per heavy atom. The van der Waals surface area contributed by atoms with Gasteiger partial charge in [-0.25, -0.2) is 4.79 Å². The minimum Gasteiger partial charge on any atom is -0.465 e. The van der Waals surface area contributed by atoms with Crippen LogP contribution in [0.2, 0.25) is 0 Å². The minimum absolute atomic E-state index is 0.0794. The molecule has 0 unspecified atom stereocenters. The van der Waals surface area contributed by atoms with Gasteiger partial charge in [0.15, 0.2) is 0 Å². The molecule has 1 heterocycles. The number of aryl methyl sites for hydroxylation is 1. The summed E-state index contributed by atoms with van der Waals surface area (Å²) in [5.41, 5.74) is -0.798. The monoisotopic (exact) mass is 225 g/mol. The van der Waals surface area contributed by atoms with Gasteiger partial charge >= 0.3 is 6.09 Å². The van der Waals surface area contributed by atoms with E-state index in [2.05, 4.69) is 5.32 Å². The summed E-state index contributed by atoms with van der Waals surface area (Å²) in [5, 5.41) is 2.58. The molecule has 5 heteroatoms. The van der Waals surface area contributed by atoms with E-state index in [-0.39, 0.29) is 16.9 Å². The van der Waals surface area contributed by atoms with Crippen molar-refractivity contribution in [1.29, 1.82) is 0 Å². The van der Waals surface area contributed by atoms with Gasteiger partial charge in [-0.05, 0) is 27.7 Å². The summed E-state index contributed by atoms with van der Waals surface area (Å²) in [6, 6.07) is 1.20. The number of carbonyl (C=O) groups is 1. The molecule has 0 atom stereocenters. The van der Waals surface area contributed by atoms with Gasteiger partial charge in [0, 0.05) is 11.6 Å². The van der Waals surface area contributed by atoms with Gasteiger partial charge in [0.1, 0.15) is 5.76 Å². The molecule has 0 radical (unpaired) electrons. The van der Waals surface area contributed by atoms with Gasteiger partial charge in [0.25, 0.3) is 0 Å². The Labute approximate surface area is 93.4 Å². The first kappa shape index (κ1) is 12.3. The highest BCUT2D eigenvalue weighted by Crippen LogP contribution is 2.11. The minimum atomic E-state index is -0.672. The molecule has 0 aliphatic carbocycles. The fourth-order valence-corrected chi connectivity index (χ4v) is 1.05. The van der Waals surface area contributed by atoms with Crippen LogP contribution in [0.4, 0.5) is 4.79 Å². The topological polar surface area (TPSA) is 68.5 Å². The van der Waals surface area contributed by atoms with Crippen molar-refractivity contribution in [3.63, 3.8) is 0 Å². The average molecular weight is 225 g/mol. The van der Waals surface area contributed by atoms with Crippen LogP contribution in [-0.4, -0.2) is 11.6 Å². The standard InChI is InChI=1S/C11H15NO4/c1-7-9(8(13)5-6-15-7)16-10(14)12-11(2,3)4/h5-6H,1-4H3,(H,12,14). The van der Waals surface area contributed by atoms with Crippen LogP contribution in [0.1, 0.15) is 26.5 Å². The van der Waals surface area contributed by atoms with Crippen molar-refractivity contribution in [3.05, 3.63) is 28.3 Å². The highest BCUT2D eigenvalue weighted by atomic mass is 16.6. The molecule has 1 aromatic rings. The van der Waals surface area contributed by atoms with Crippen molar-refractivity contribution < 1.29 is 13.9 Å². The predicted molar refractivity (Wildman–Crippen MR) is 58.6 cm³/mol. The molecular weight excluding hydrogens is 210 g/mol. The zero-order valence-corrected chi connectivity index (χ0v) is 9.79. The van der Waals surface area contributed by atoms with Gasteiger partial charge in [-0.1, -0.05) is 0 Å². The lowest BCUT2D eigenvalue weighted by atomic mass is 10.1. The highest BCUT2D eigenvalue weighted by molar-refractivity contribution is 5.71. The van der Waals surface area contributed by atoms with Crippen LogP contribution in [0.25, 0.3) is 0 Å². The van der Waals surface area contributed by atoms with E-state index < -0.39 is 11.6 Å². The molecule has 1 rings (SSSR count). The van der Waals surface area contributed by atoms with Crippen molar-refractivity contribution in [2.24, 2.45) is 0 Å². The van der Waals surface area contributed by atoms with Crippen LogP contribution in [0.5, 0.6) is 5.75 Å². The Morgan fingerprint density at radius 2 is 2.06 bits per heavy atom. The number of hydrogen-bond donors (Lipinski definition) is 1. The Bertz CT molecular complexity index is 442. The van der Waals surface area contributed by atoms with E-state index in [1.54, 1.807) is 6.92 Å². The van der Waals surface area contributed by atoms with Gasteiger partial charge in [0.2, 0.25) is 11.2 Å². The first-order valence-corrected chi connectivity index (χ1v) is 4.88. The Hall–Kier alpha value is -1.78. The lowest BCUT2D eigenvalue weighted by Gasteiger charge is -2.19. The molecule has 1 N–H and O–H groups in total. The van der Waals surface area contributed by atoms with E-state index in [0.717, 1.165) is 0 Å². The lowest BCUT2D eigenvalue weighted by molar-refractivity contribution is 0.188. The normalized spacial score (nSPS) is 11.0. The average Bonchev–Trinajstić information content (AvgIpc) is 2.08. The van der Waals surface area contributed by atoms with Gasteiger partial charge in [-0.15, -0.1) is 0 Å². The molecule has 0 aliphatic rings. The third kappa shape index (κ3) is 3.42. The maximum absolute atomic E-state index is 11.4. The lowest BCUT2D eigenvalue weighted by Crippen LogP contribution is -2.42. The summed E-state index contributed by atoms with van der Waals surface area (Å²) in [7, 11) is 0. The number of carbonyl (C=O) groups excluding carboxylic acids is 1. The zero-order valence-electron chi connectivity index (χ0n) is 9.79. The molecule has 1 amide bonds. The predicted octanol–water partition coefficient (Wildman–Crippen LogP) is 1.84. The molecular formula is C11H15NO4. The van der Waals surface area contributed by atoms with Crippen molar-refractivity contribution in [3.8, 4) is 5.75 Å². The number of nitrogens with one attached hydrogen (secondary N) is 1. The van der Waals surface area contributed by atoms with E-state index in [9.17, 15) is 9.59 Å². The SMILES string of the molecule is Cc1occc(=O)c1OC(=O)NC(C)(C)C. The third-order valence-corrected chi connectivity index (χ3v) is 1.68. The summed E-state index contributed by atoms with van der Waals surface area (Å²) < 4.78 is 9.86. The Morgan fingerprint density at radius 3 is 2.56 bits per heavy atom. The van der Waals surface area contributed by atoms with Crippen LogP contribution in [0.15, 0.2) is 21.5 Å². The molecule has 0 bridgehead atoms. The Kier molecular flexibility index (Phi) is 3.37. The quantitative estimate of drug-likeness (QED) is 0.791. The summed E-state index contributed by atoms with van der Waals surface area (Å²) >= 11 is 0. The molecule has 0 aromatic carbocycles. The molecule has 0 spiro atoms. The van der Waals surface area contributed by atoms with Crippen molar-refractivity contribution in [2.45, 2.75) is 33.2 Å². The smallest absolute Gasteiger partial charge is 0.413 e. The van der Waals surface area contributed by atoms with Gasteiger partial charge < -0.3 is 14.5 Å². The fraction of sp³-hybridized carbons (Fsp3) is 0.455. The van der Waals surface area contributed by atoms with Crippen molar-refractivity contribution in [2.75, 3.05) is 0 Å². The molecule has 0 aliphatic heterocycles. The second-order valence-corrected chi connectivity index (χ2v) is 4.43.